The average Bonchev–Trinajstić information content (AvgIpc) is 2.83. The summed E-state index contributed by atoms with van der Waals surface area (Å²) >= 11 is 0. The standard InChI is InChI=1S/C24H29N3O6/c1-24(2,25-10-12-32-13-11-25)16-26-21(17-6-4-8-19(14-17)31-3)22(23(26)28)33-20-9-5-7-18(15-20)27(29)30/h4-9,14-15,21-22H,10-13,16H2,1-3H3/t21-,22-/m1/s1. The summed E-state index contributed by atoms with van der Waals surface area (Å²) in [5.41, 5.74) is 0.553. The van der Waals surface area contributed by atoms with Crippen LogP contribution in [0.5, 0.6) is 11.5 Å². The van der Waals surface area contributed by atoms with Gasteiger partial charge in [-0.25, -0.2) is 0 Å². The van der Waals surface area contributed by atoms with E-state index >= 15 is 0 Å². The maximum absolute atomic E-state index is 13.3. The number of β-lactam (4-membered cyclic amide) rings is 1. The lowest BCUT2D eigenvalue weighted by atomic mass is 9.87. The fourth-order valence-electron chi connectivity index (χ4n) is 4.49. The van der Waals surface area contributed by atoms with Crippen LogP contribution in [-0.4, -0.2) is 72.2 Å². The third kappa shape index (κ3) is 4.79. The van der Waals surface area contributed by atoms with Gasteiger partial charge < -0.3 is 19.1 Å². The average molecular weight is 456 g/mol. The molecule has 176 valence electrons. The number of likely N-dealkylation sites (tertiary alicyclic amines) is 1. The summed E-state index contributed by atoms with van der Waals surface area (Å²) in [4.78, 5) is 28.1. The number of non-ortho nitro benzene ring substituents is 1. The molecule has 2 aromatic carbocycles. The van der Waals surface area contributed by atoms with E-state index in [0.29, 0.717) is 31.3 Å². The van der Waals surface area contributed by atoms with Crippen LogP contribution < -0.4 is 9.47 Å². The molecule has 2 aliphatic rings. The van der Waals surface area contributed by atoms with Gasteiger partial charge in [-0.3, -0.25) is 19.8 Å². The smallest absolute Gasteiger partial charge is 0.273 e. The molecule has 0 spiro atoms. The van der Waals surface area contributed by atoms with Crippen molar-refractivity contribution >= 4 is 11.6 Å². The van der Waals surface area contributed by atoms with Gasteiger partial charge in [-0.15, -0.1) is 0 Å². The Hall–Kier alpha value is -3.17. The normalized spacial score (nSPS) is 21.4. The third-order valence-electron chi connectivity index (χ3n) is 6.30. The van der Waals surface area contributed by atoms with E-state index < -0.39 is 11.0 Å². The molecule has 2 fully saturated rings. The summed E-state index contributed by atoms with van der Waals surface area (Å²) in [6.45, 7) is 7.75. The summed E-state index contributed by atoms with van der Waals surface area (Å²) in [6, 6.07) is 13.2. The molecule has 0 unspecified atom stereocenters. The zero-order chi connectivity index (χ0) is 23.6. The number of hydrogen-bond donors (Lipinski definition) is 0. The highest BCUT2D eigenvalue weighted by atomic mass is 16.6. The van der Waals surface area contributed by atoms with Crippen LogP contribution in [0.25, 0.3) is 0 Å². The minimum absolute atomic E-state index is 0.0810. The molecule has 4 rings (SSSR count). The molecule has 33 heavy (non-hydrogen) atoms. The molecule has 0 radical (unpaired) electrons. The van der Waals surface area contributed by atoms with Crippen molar-refractivity contribution in [2.45, 2.75) is 31.5 Å². The first-order valence-electron chi connectivity index (χ1n) is 11.0. The quantitative estimate of drug-likeness (QED) is 0.343. The fourth-order valence-corrected chi connectivity index (χ4v) is 4.49. The van der Waals surface area contributed by atoms with Crippen LogP contribution in [0.4, 0.5) is 5.69 Å². The van der Waals surface area contributed by atoms with Crippen LogP contribution in [0, 0.1) is 10.1 Å². The van der Waals surface area contributed by atoms with Gasteiger partial charge in [0.2, 0.25) is 6.10 Å². The number of morpholine rings is 1. The monoisotopic (exact) mass is 455 g/mol. The highest BCUT2D eigenvalue weighted by Crippen LogP contribution is 2.40. The van der Waals surface area contributed by atoms with Crippen LogP contribution in [0.2, 0.25) is 0 Å². The van der Waals surface area contributed by atoms with Crippen LogP contribution in [0.15, 0.2) is 48.5 Å². The summed E-state index contributed by atoms with van der Waals surface area (Å²) in [5, 5.41) is 11.1. The first kappa shape index (κ1) is 23.0. The van der Waals surface area contributed by atoms with E-state index in [-0.39, 0.29) is 23.2 Å². The first-order chi connectivity index (χ1) is 15.8. The van der Waals surface area contributed by atoms with Crippen molar-refractivity contribution in [3.63, 3.8) is 0 Å². The van der Waals surface area contributed by atoms with Crippen molar-refractivity contribution in [2.75, 3.05) is 40.0 Å². The highest BCUT2D eigenvalue weighted by Gasteiger charge is 2.52. The van der Waals surface area contributed by atoms with Crippen molar-refractivity contribution in [3.05, 3.63) is 64.2 Å². The van der Waals surface area contributed by atoms with Gasteiger partial charge in [0.1, 0.15) is 17.5 Å². The SMILES string of the molecule is COc1cccc([C@@H]2[C@@H](Oc3cccc([N+](=O)[O-])c3)C(=O)N2CC(C)(C)N2CCOCC2)c1. The molecule has 0 N–H and O–H groups in total. The number of carbonyl (C=O) groups is 1. The number of nitrogens with zero attached hydrogens (tertiary/aromatic N) is 3. The molecule has 0 aromatic heterocycles. The Bertz CT molecular complexity index is 1020. The summed E-state index contributed by atoms with van der Waals surface area (Å²) < 4.78 is 16.9. The van der Waals surface area contributed by atoms with Gasteiger partial charge in [0.15, 0.2) is 0 Å². The molecule has 0 bridgehead atoms. The molecule has 0 aliphatic carbocycles. The van der Waals surface area contributed by atoms with E-state index in [4.69, 9.17) is 14.2 Å². The maximum atomic E-state index is 13.3. The number of methoxy groups -OCH3 is 1. The molecule has 2 heterocycles. The Kier molecular flexibility index (Phi) is 6.53. The number of carbonyl (C=O) groups excluding carboxylic acids is 1. The number of amides is 1. The lowest BCUT2D eigenvalue weighted by molar-refractivity contribution is -0.385. The van der Waals surface area contributed by atoms with Gasteiger partial charge in [-0.1, -0.05) is 18.2 Å². The van der Waals surface area contributed by atoms with E-state index in [0.717, 1.165) is 18.7 Å². The number of hydrogen-bond acceptors (Lipinski definition) is 7. The topological polar surface area (TPSA) is 94.4 Å². The third-order valence-corrected chi connectivity index (χ3v) is 6.30. The van der Waals surface area contributed by atoms with Gasteiger partial charge in [0, 0.05) is 31.2 Å². The van der Waals surface area contributed by atoms with Crippen molar-refractivity contribution in [1.29, 1.82) is 0 Å². The van der Waals surface area contributed by atoms with Gasteiger partial charge in [-0.05, 0) is 37.6 Å². The molecular weight excluding hydrogens is 426 g/mol. The molecule has 9 nitrogen and oxygen atoms in total. The minimum Gasteiger partial charge on any atom is -0.497 e. The first-order valence-corrected chi connectivity index (χ1v) is 11.0. The molecule has 9 heteroatoms. The van der Waals surface area contributed by atoms with Crippen molar-refractivity contribution in [2.24, 2.45) is 0 Å². The Morgan fingerprint density at radius 1 is 1.12 bits per heavy atom. The Balaban J connectivity index is 1.60. The predicted molar refractivity (Wildman–Crippen MR) is 121 cm³/mol. The second-order valence-electron chi connectivity index (χ2n) is 8.89. The molecule has 2 aliphatic heterocycles. The summed E-state index contributed by atoms with van der Waals surface area (Å²) in [6.07, 6.45) is -0.778. The zero-order valence-corrected chi connectivity index (χ0v) is 19.1. The van der Waals surface area contributed by atoms with E-state index in [1.807, 2.05) is 29.2 Å². The Morgan fingerprint density at radius 2 is 1.82 bits per heavy atom. The largest absolute Gasteiger partial charge is 0.497 e. The van der Waals surface area contributed by atoms with E-state index in [1.54, 1.807) is 19.2 Å². The molecule has 1 amide bonds. The maximum Gasteiger partial charge on any atom is 0.273 e. The molecule has 0 saturated carbocycles. The van der Waals surface area contributed by atoms with E-state index in [1.165, 1.54) is 12.1 Å². The molecule has 2 atom stereocenters. The molecular formula is C24H29N3O6. The lowest BCUT2D eigenvalue weighted by Gasteiger charge is -2.52. The van der Waals surface area contributed by atoms with Crippen LogP contribution in [0.1, 0.15) is 25.5 Å². The highest BCUT2D eigenvalue weighted by molar-refractivity contribution is 5.89. The second kappa shape index (κ2) is 9.36. The van der Waals surface area contributed by atoms with Crippen molar-refractivity contribution in [1.82, 2.24) is 9.80 Å². The zero-order valence-electron chi connectivity index (χ0n) is 19.1. The lowest BCUT2D eigenvalue weighted by Crippen LogP contribution is -2.66. The Labute approximate surface area is 193 Å². The van der Waals surface area contributed by atoms with Crippen LogP contribution in [0.3, 0.4) is 0 Å². The van der Waals surface area contributed by atoms with Gasteiger partial charge in [0.25, 0.3) is 11.6 Å². The van der Waals surface area contributed by atoms with Crippen LogP contribution in [-0.2, 0) is 9.53 Å². The number of benzene rings is 2. The Morgan fingerprint density at radius 3 is 2.52 bits per heavy atom. The number of nitro groups is 1. The second-order valence-corrected chi connectivity index (χ2v) is 8.89. The van der Waals surface area contributed by atoms with E-state index in [9.17, 15) is 14.9 Å². The van der Waals surface area contributed by atoms with Crippen molar-refractivity contribution < 1.29 is 23.9 Å². The van der Waals surface area contributed by atoms with Crippen molar-refractivity contribution in [3.8, 4) is 11.5 Å². The predicted octanol–water partition coefficient (Wildman–Crippen LogP) is 3.05. The minimum atomic E-state index is -0.778. The fraction of sp³-hybridized carbons (Fsp3) is 0.458. The number of ether oxygens (including phenoxy) is 3. The number of nitro benzene ring substituents is 1. The van der Waals surface area contributed by atoms with Gasteiger partial charge in [0.05, 0.1) is 31.3 Å². The molecule has 2 aromatic rings. The van der Waals surface area contributed by atoms with Crippen LogP contribution >= 0.6 is 0 Å². The summed E-state index contributed by atoms with van der Waals surface area (Å²) in [7, 11) is 1.60. The summed E-state index contributed by atoms with van der Waals surface area (Å²) in [5.74, 6) is 0.839. The molecule has 2 saturated heterocycles. The van der Waals surface area contributed by atoms with Gasteiger partial charge >= 0.3 is 0 Å². The van der Waals surface area contributed by atoms with Gasteiger partial charge in [-0.2, -0.15) is 0 Å². The van der Waals surface area contributed by atoms with E-state index in [2.05, 4.69) is 18.7 Å². The number of rotatable bonds is 8.